The van der Waals surface area contributed by atoms with E-state index in [4.69, 9.17) is 11.6 Å². The van der Waals surface area contributed by atoms with Crippen LogP contribution >= 0.6 is 38.9 Å². The van der Waals surface area contributed by atoms with E-state index in [-0.39, 0.29) is 5.41 Å². The summed E-state index contributed by atoms with van der Waals surface area (Å²) in [6, 6.07) is 1.97. The Morgan fingerprint density at radius 3 is 2.54 bits per heavy atom. The summed E-state index contributed by atoms with van der Waals surface area (Å²) in [6.07, 6.45) is 2.19. The van der Waals surface area contributed by atoms with Crippen LogP contribution in [-0.4, -0.2) is 0 Å². The molecule has 0 nitrogen and oxygen atoms in total. The van der Waals surface area contributed by atoms with E-state index in [1.165, 1.54) is 4.88 Å². The summed E-state index contributed by atoms with van der Waals surface area (Å²) in [4.78, 5) is 1.18. The Kier molecular flexibility index (Phi) is 3.61. The molecule has 0 amide bonds. The first kappa shape index (κ1) is 11.3. The molecule has 3 heteroatoms. The first-order valence-corrected chi connectivity index (χ1v) is 6.06. The van der Waals surface area contributed by atoms with E-state index in [0.717, 1.165) is 9.51 Å². The lowest BCUT2D eigenvalue weighted by Gasteiger charge is -2.12. The van der Waals surface area contributed by atoms with Gasteiger partial charge in [-0.15, -0.1) is 11.3 Å². The molecule has 0 N–H and O–H groups in total. The van der Waals surface area contributed by atoms with Gasteiger partial charge >= 0.3 is 0 Å². The van der Waals surface area contributed by atoms with Crippen molar-refractivity contribution in [2.75, 3.05) is 0 Å². The highest BCUT2D eigenvalue weighted by molar-refractivity contribution is 9.15. The van der Waals surface area contributed by atoms with Crippen molar-refractivity contribution in [2.45, 2.75) is 20.8 Å². The van der Waals surface area contributed by atoms with Gasteiger partial charge in [0.2, 0.25) is 0 Å². The number of allylic oxidation sites excluding steroid dienone is 1. The second kappa shape index (κ2) is 4.16. The molecule has 0 saturated heterocycles. The summed E-state index contributed by atoms with van der Waals surface area (Å²) >= 11 is 11.0. The van der Waals surface area contributed by atoms with Crippen LogP contribution in [0.1, 0.15) is 25.6 Å². The van der Waals surface area contributed by atoms with Gasteiger partial charge in [-0.25, -0.2) is 0 Å². The van der Waals surface area contributed by atoms with Crippen molar-refractivity contribution in [2.24, 2.45) is 5.41 Å². The van der Waals surface area contributed by atoms with Gasteiger partial charge in [-0.05, 0) is 27.4 Å². The zero-order valence-corrected chi connectivity index (χ0v) is 11.1. The summed E-state index contributed by atoms with van der Waals surface area (Å²) in [5, 5.41) is 2.74. The minimum absolute atomic E-state index is 0.190. The molecule has 0 aromatic carbocycles. The maximum Gasteiger partial charge on any atom is 0.0519 e. The Morgan fingerprint density at radius 2 is 2.15 bits per heavy atom. The first-order chi connectivity index (χ1) is 5.88. The zero-order chi connectivity index (χ0) is 10.1. The average molecular weight is 280 g/mol. The molecule has 0 aliphatic rings. The van der Waals surface area contributed by atoms with Crippen LogP contribution in [-0.2, 0) is 0 Å². The predicted molar refractivity (Wildman–Crippen MR) is 65.7 cm³/mol. The number of hydrogen-bond acceptors (Lipinski definition) is 1. The molecule has 13 heavy (non-hydrogen) atoms. The second-order valence-corrected chi connectivity index (χ2v) is 6.19. The molecule has 0 saturated carbocycles. The molecular formula is C10H12BrClS. The smallest absolute Gasteiger partial charge is 0.0519 e. The standard InChI is InChI=1S/C10H12BrClS/c1-10(2,3)5-8(11)9-4-7(12)6-13-9/h4-6H,1-3H3/b8-5-. The Bertz CT molecular complexity index is 320. The molecule has 0 radical (unpaired) electrons. The van der Waals surface area contributed by atoms with Crippen LogP contribution in [0, 0.1) is 5.41 Å². The average Bonchev–Trinajstić information content (AvgIpc) is 2.31. The van der Waals surface area contributed by atoms with Crippen molar-refractivity contribution in [3.63, 3.8) is 0 Å². The summed E-state index contributed by atoms with van der Waals surface area (Å²) in [7, 11) is 0. The van der Waals surface area contributed by atoms with Crippen LogP contribution in [0.25, 0.3) is 4.48 Å². The van der Waals surface area contributed by atoms with Crippen molar-refractivity contribution in [1.29, 1.82) is 0 Å². The number of rotatable bonds is 1. The van der Waals surface area contributed by atoms with E-state index in [2.05, 4.69) is 42.8 Å². The largest absolute Gasteiger partial charge is 0.142 e. The SMILES string of the molecule is CC(C)(C)/C=C(\Br)c1cc(Cl)cs1. The molecule has 0 aliphatic carbocycles. The quantitative estimate of drug-likeness (QED) is 0.664. The normalized spacial score (nSPS) is 13.5. The van der Waals surface area contributed by atoms with E-state index in [1.54, 1.807) is 11.3 Å². The molecule has 1 rings (SSSR count). The molecular weight excluding hydrogens is 268 g/mol. The summed E-state index contributed by atoms with van der Waals surface area (Å²) in [6.45, 7) is 6.51. The molecule has 0 unspecified atom stereocenters. The fraction of sp³-hybridized carbons (Fsp3) is 0.400. The molecule has 0 atom stereocenters. The first-order valence-electron chi connectivity index (χ1n) is 4.01. The molecule has 0 bridgehead atoms. The predicted octanol–water partition coefficient (Wildman–Crippen LogP) is 5.18. The number of hydrogen-bond donors (Lipinski definition) is 0. The van der Waals surface area contributed by atoms with Crippen LogP contribution in [0.15, 0.2) is 17.5 Å². The fourth-order valence-corrected chi connectivity index (χ4v) is 2.95. The van der Waals surface area contributed by atoms with Gasteiger partial charge < -0.3 is 0 Å². The van der Waals surface area contributed by atoms with Crippen molar-refractivity contribution >= 4 is 43.4 Å². The van der Waals surface area contributed by atoms with Crippen LogP contribution in [0.3, 0.4) is 0 Å². The van der Waals surface area contributed by atoms with E-state index < -0.39 is 0 Å². The monoisotopic (exact) mass is 278 g/mol. The van der Waals surface area contributed by atoms with Gasteiger partial charge in [-0.2, -0.15) is 0 Å². The highest BCUT2D eigenvalue weighted by atomic mass is 79.9. The number of thiophene rings is 1. The van der Waals surface area contributed by atoms with Crippen molar-refractivity contribution in [1.82, 2.24) is 0 Å². The maximum atomic E-state index is 5.84. The minimum Gasteiger partial charge on any atom is -0.142 e. The molecule has 72 valence electrons. The van der Waals surface area contributed by atoms with Gasteiger partial charge in [0.1, 0.15) is 0 Å². The third-order valence-corrected chi connectivity index (χ3v) is 3.59. The van der Waals surface area contributed by atoms with E-state index in [0.29, 0.717) is 0 Å². The third-order valence-electron chi connectivity index (χ3n) is 1.36. The molecule has 1 heterocycles. The van der Waals surface area contributed by atoms with Gasteiger partial charge in [0.25, 0.3) is 0 Å². The maximum absolute atomic E-state index is 5.84. The lowest BCUT2D eigenvalue weighted by molar-refractivity contribution is 0.547. The topological polar surface area (TPSA) is 0 Å². The highest BCUT2D eigenvalue weighted by Gasteiger charge is 2.09. The van der Waals surface area contributed by atoms with E-state index in [1.807, 2.05) is 11.4 Å². The van der Waals surface area contributed by atoms with Crippen molar-refractivity contribution < 1.29 is 0 Å². The fourth-order valence-electron chi connectivity index (χ4n) is 0.890. The molecule has 0 fully saturated rings. The molecule has 0 spiro atoms. The second-order valence-electron chi connectivity index (χ2n) is 3.99. The van der Waals surface area contributed by atoms with Gasteiger partial charge in [0, 0.05) is 14.7 Å². The van der Waals surface area contributed by atoms with E-state index >= 15 is 0 Å². The zero-order valence-electron chi connectivity index (χ0n) is 7.90. The summed E-state index contributed by atoms with van der Waals surface area (Å²) < 4.78 is 1.12. The lowest BCUT2D eigenvalue weighted by atomic mass is 9.96. The highest BCUT2D eigenvalue weighted by Crippen LogP contribution is 2.33. The van der Waals surface area contributed by atoms with Crippen molar-refractivity contribution in [3.8, 4) is 0 Å². The molecule has 0 aliphatic heterocycles. The van der Waals surface area contributed by atoms with Gasteiger partial charge in [0.15, 0.2) is 0 Å². The van der Waals surface area contributed by atoms with Crippen LogP contribution < -0.4 is 0 Å². The lowest BCUT2D eigenvalue weighted by Crippen LogP contribution is -1.98. The van der Waals surface area contributed by atoms with Crippen LogP contribution in [0.2, 0.25) is 5.02 Å². The third kappa shape index (κ3) is 3.84. The number of halogens is 2. The molecule has 1 aromatic heterocycles. The molecule has 1 aromatic rings. The van der Waals surface area contributed by atoms with Gasteiger partial charge in [0.05, 0.1) is 5.02 Å². The Labute approximate surface area is 96.7 Å². The van der Waals surface area contributed by atoms with Gasteiger partial charge in [-0.1, -0.05) is 38.4 Å². The van der Waals surface area contributed by atoms with Crippen LogP contribution in [0.5, 0.6) is 0 Å². The minimum atomic E-state index is 0.190. The Hall–Kier alpha value is 0.210. The Morgan fingerprint density at radius 1 is 1.54 bits per heavy atom. The van der Waals surface area contributed by atoms with E-state index in [9.17, 15) is 0 Å². The summed E-state index contributed by atoms with van der Waals surface area (Å²) in [5.74, 6) is 0. The Balaban J connectivity index is 2.91. The summed E-state index contributed by atoms with van der Waals surface area (Å²) in [5.41, 5.74) is 0.190. The van der Waals surface area contributed by atoms with Crippen molar-refractivity contribution in [3.05, 3.63) is 27.4 Å². The van der Waals surface area contributed by atoms with Gasteiger partial charge in [-0.3, -0.25) is 0 Å². The van der Waals surface area contributed by atoms with Crippen LogP contribution in [0.4, 0.5) is 0 Å².